The van der Waals surface area contributed by atoms with Gasteiger partial charge >= 0.3 is 5.97 Å². The Morgan fingerprint density at radius 1 is 0.949 bits per heavy atom. The van der Waals surface area contributed by atoms with E-state index in [9.17, 15) is 26.4 Å². The van der Waals surface area contributed by atoms with Crippen LogP contribution in [-0.2, 0) is 34.4 Å². The summed E-state index contributed by atoms with van der Waals surface area (Å²) in [6, 6.07) is 14.8. The first kappa shape index (κ1) is 27.8. The molecule has 2 aromatic rings. The number of rotatable bonds is 8. The van der Waals surface area contributed by atoms with Crippen molar-refractivity contribution in [1.82, 2.24) is 14.3 Å². The van der Waals surface area contributed by atoms with E-state index in [4.69, 9.17) is 4.74 Å². The number of amides is 1. The van der Waals surface area contributed by atoms with Crippen LogP contribution in [0.15, 0.2) is 60.7 Å². The van der Waals surface area contributed by atoms with Gasteiger partial charge in [-0.3, -0.25) is 4.79 Å². The number of sulfone groups is 1. The normalized spacial score (nSPS) is 26.2. The molecule has 1 amide bonds. The topological polar surface area (TPSA) is 139 Å². The minimum absolute atomic E-state index is 0.269. The van der Waals surface area contributed by atoms with E-state index in [1.807, 2.05) is 12.1 Å². The van der Waals surface area contributed by atoms with Crippen molar-refractivity contribution in [2.75, 3.05) is 0 Å². The summed E-state index contributed by atoms with van der Waals surface area (Å²) in [5, 5.41) is -1.51. The number of benzene rings is 2. The maximum Gasteiger partial charge on any atom is 0.331 e. The second-order valence-electron chi connectivity index (χ2n) is 10.9. The van der Waals surface area contributed by atoms with E-state index >= 15 is 0 Å². The monoisotopic (exact) mass is 575 g/mol. The number of nitrogens with zero attached hydrogens (tertiary/aromatic N) is 1. The van der Waals surface area contributed by atoms with Gasteiger partial charge in [0.1, 0.15) is 16.8 Å². The number of ether oxygens (including phenoxy) is 1. The lowest BCUT2D eigenvalue weighted by Crippen LogP contribution is -2.72. The Balaban J connectivity index is 1.39. The Morgan fingerprint density at radius 2 is 1.49 bits per heavy atom. The summed E-state index contributed by atoms with van der Waals surface area (Å²) in [5.74, 6) is -1.65. The lowest BCUT2D eigenvalue weighted by molar-refractivity contribution is -0.165. The predicted molar refractivity (Wildman–Crippen MR) is 144 cm³/mol. The molecule has 12 heteroatoms. The van der Waals surface area contributed by atoms with E-state index < -0.39 is 60.2 Å². The third kappa shape index (κ3) is 4.99. The SMILES string of the molecule is CC1(C)[C@H](C(=O)OC(c2ccccc2)c2ccccc2)N2C(=O)[C@@H](NS(=O)(=O)NC3CCCCC3)[C@H]2S1(=O)=O. The molecule has 1 aliphatic carbocycles. The third-order valence-electron chi connectivity index (χ3n) is 7.94. The van der Waals surface area contributed by atoms with Crippen molar-refractivity contribution < 1.29 is 31.2 Å². The summed E-state index contributed by atoms with van der Waals surface area (Å²) < 4.78 is 61.8. The van der Waals surface area contributed by atoms with Gasteiger partial charge in [0.15, 0.2) is 21.3 Å². The summed E-state index contributed by atoms with van der Waals surface area (Å²) in [6.45, 7) is 2.73. The highest BCUT2D eigenvalue weighted by atomic mass is 32.2. The van der Waals surface area contributed by atoms with Crippen LogP contribution in [0.3, 0.4) is 0 Å². The average molecular weight is 576 g/mol. The highest BCUT2D eigenvalue weighted by molar-refractivity contribution is 7.94. The molecule has 2 heterocycles. The Labute approximate surface area is 229 Å². The van der Waals surface area contributed by atoms with Gasteiger partial charge in [0, 0.05) is 6.04 Å². The Kier molecular flexibility index (Phi) is 7.34. The number of hydrogen-bond acceptors (Lipinski definition) is 7. The van der Waals surface area contributed by atoms with Crippen LogP contribution in [0.2, 0.25) is 0 Å². The third-order valence-corrected chi connectivity index (χ3v) is 12.0. The maximum atomic E-state index is 13.7. The highest BCUT2D eigenvalue weighted by Gasteiger charge is 2.73. The van der Waals surface area contributed by atoms with Gasteiger partial charge in [0.05, 0.1) is 0 Å². The van der Waals surface area contributed by atoms with Crippen LogP contribution in [0.1, 0.15) is 63.2 Å². The van der Waals surface area contributed by atoms with Crippen molar-refractivity contribution in [3.63, 3.8) is 0 Å². The summed E-state index contributed by atoms with van der Waals surface area (Å²) in [7, 11) is -8.32. The van der Waals surface area contributed by atoms with Crippen LogP contribution in [0.4, 0.5) is 0 Å². The zero-order chi connectivity index (χ0) is 28.0. The van der Waals surface area contributed by atoms with E-state index in [2.05, 4.69) is 9.44 Å². The molecule has 3 fully saturated rings. The molecule has 5 rings (SSSR count). The van der Waals surface area contributed by atoms with Gasteiger partial charge in [0.25, 0.3) is 10.2 Å². The standard InChI is InChI=1S/C27H33N3O7S2/c1-27(2)23(26(32)37-22(18-12-6-3-7-13-18)19-14-8-4-9-15-19)30-24(31)21(25(30)38(27,33)34)29-39(35,36)28-20-16-10-5-11-17-20/h3-4,6-9,12-15,20-23,25,28-29H,5,10-11,16-17H2,1-2H3/t21-,23+,25-/m1/s1. The van der Waals surface area contributed by atoms with E-state index in [0.717, 1.165) is 24.2 Å². The minimum atomic E-state index is -4.16. The lowest BCUT2D eigenvalue weighted by Gasteiger charge is -2.43. The van der Waals surface area contributed by atoms with Crippen LogP contribution in [0.5, 0.6) is 0 Å². The molecule has 0 bridgehead atoms. The Morgan fingerprint density at radius 3 is 2.03 bits per heavy atom. The first-order valence-electron chi connectivity index (χ1n) is 13.1. The largest absolute Gasteiger partial charge is 0.451 e. The molecule has 0 spiro atoms. The number of carbonyl (C=O) groups excluding carboxylic acids is 2. The quantitative estimate of drug-likeness (QED) is 0.363. The molecule has 3 aliphatic rings. The molecule has 0 unspecified atom stereocenters. The van der Waals surface area contributed by atoms with Gasteiger partial charge in [-0.05, 0) is 37.8 Å². The molecule has 2 saturated heterocycles. The van der Waals surface area contributed by atoms with E-state index in [1.165, 1.54) is 13.8 Å². The molecule has 2 aliphatic heterocycles. The van der Waals surface area contributed by atoms with Gasteiger partial charge in [-0.25, -0.2) is 13.2 Å². The van der Waals surface area contributed by atoms with Crippen LogP contribution >= 0.6 is 0 Å². The zero-order valence-corrected chi connectivity index (χ0v) is 23.5. The lowest BCUT2D eigenvalue weighted by atomic mass is 9.96. The van der Waals surface area contributed by atoms with Crippen LogP contribution in [-0.4, -0.2) is 61.9 Å². The number of β-lactam (4-membered cyclic amide) rings is 1. The molecular weight excluding hydrogens is 542 g/mol. The van der Waals surface area contributed by atoms with Crippen molar-refractivity contribution in [3.05, 3.63) is 71.8 Å². The van der Waals surface area contributed by atoms with Gasteiger partial charge in [-0.1, -0.05) is 79.9 Å². The Bertz CT molecular complexity index is 1400. The Hall–Kier alpha value is -2.80. The van der Waals surface area contributed by atoms with Crippen molar-refractivity contribution in [2.45, 2.75) is 80.3 Å². The fourth-order valence-corrected chi connectivity index (χ4v) is 9.41. The summed E-state index contributed by atoms with van der Waals surface area (Å²) in [6.07, 6.45) is 3.35. The van der Waals surface area contributed by atoms with E-state index in [0.29, 0.717) is 24.0 Å². The molecular formula is C27H33N3O7S2. The molecule has 0 aromatic heterocycles. The number of esters is 1. The van der Waals surface area contributed by atoms with E-state index in [-0.39, 0.29) is 6.04 Å². The zero-order valence-electron chi connectivity index (χ0n) is 21.8. The maximum absolute atomic E-state index is 13.7. The van der Waals surface area contributed by atoms with Crippen LogP contribution in [0.25, 0.3) is 0 Å². The second-order valence-corrected chi connectivity index (χ2v) is 15.0. The average Bonchev–Trinajstić information content (AvgIpc) is 3.06. The summed E-state index contributed by atoms with van der Waals surface area (Å²) in [5.41, 5.74) is 1.36. The number of nitrogens with one attached hydrogen (secondary N) is 2. The first-order valence-corrected chi connectivity index (χ1v) is 16.1. The molecule has 10 nitrogen and oxygen atoms in total. The van der Waals surface area contributed by atoms with Crippen molar-refractivity contribution in [3.8, 4) is 0 Å². The van der Waals surface area contributed by atoms with E-state index in [1.54, 1.807) is 48.5 Å². The number of hydrogen-bond donors (Lipinski definition) is 2. The summed E-state index contributed by atoms with van der Waals surface area (Å²) in [4.78, 5) is 27.8. The van der Waals surface area contributed by atoms with Crippen LogP contribution < -0.4 is 9.44 Å². The fourth-order valence-electron chi connectivity index (χ4n) is 5.80. The van der Waals surface area contributed by atoms with Gasteiger partial charge in [-0.15, -0.1) is 0 Å². The molecule has 210 valence electrons. The van der Waals surface area contributed by atoms with Gasteiger partial charge < -0.3 is 9.64 Å². The second kappa shape index (κ2) is 10.3. The number of carbonyl (C=O) groups is 2. The van der Waals surface area contributed by atoms with Crippen molar-refractivity contribution in [2.24, 2.45) is 0 Å². The molecule has 2 aromatic carbocycles. The predicted octanol–water partition coefficient (Wildman–Crippen LogP) is 2.19. The molecule has 0 radical (unpaired) electrons. The van der Waals surface area contributed by atoms with Crippen LogP contribution in [0, 0.1) is 0 Å². The fraction of sp³-hybridized carbons (Fsp3) is 0.481. The highest BCUT2D eigenvalue weighted by Crippen LogP contribution is 2.47. The minimum Gasteiger partial charge on any atom is -0.451 e. The summed E-state index contributed by atoms with van der Waals surface area (Å²) >= 11 is 0. The molecule has 1 saturated carbocycles. The number of fused-ring (bicyclic) bond motifs is 1. The van der Waals surface area contributed by atoms with Crippen molar-refractivity contribution in [1.29, 1.82) is 0 Å². The van der Waals surface area contributed by atoms with Gasteiger partial charge in [0.2, 0.25) is 5.91 Å². The molecule has 2 N–H and O–H groups in total. The molecule has 3 atom stereocenters. The first-order chi connectivity index (χ1) is 18.4. The van der Waals surface area contributed by atoms with Gasteiger partial charge in [-0.2, -0.15) is 17.9 Å². The van der Waals surface area contributed by atoms with Crippen molar-refractivity contribution >= 4 is 31.9 Å². The molecule has 39 heavy (non-hydrogen) atoms. The smallest absolute Gasteiger partial charge is 0.331 e.